The van der Waals surface area contributed by atoms with Crippen LogP contribution in [-0.2, 0) is 21.3 Å². The number of imidazole rings is 1. The van der Waals surface area contributed by atoms with Gasteiger partial charge in [-0.15, -0.1) is 0 Å². The van der Waals surface area contributed by atoms with Gasteiger partial charge in [-0.25, -0.2) is 4.98 Å². The number of rotatable bonds is 2. The molecule has 0 radical (unpaired) electrons. The highest BCUT2D eigenvalue weighted by atomic mass is 79.9. The molecule has 1 unspecified atom stereocenters. The Bertz CT molecular complexity index is 1150. The van der Waals surface area contributed by atoms with Crippen molar-refractivity contribution in [2.45, 2.75) is 50.7 Å². The predicted molar refractivity (Wildman–Crippen MR) is 129 cm³/mol. The second-order valence-electron chi connectivity index (χ2n) is 9.77. The number of nitrogens with zero attached hydrogens (tertiary/aromatic N) is 2. The smallest absolute Gasteiger partial charge is 0.171 e. The molecule has 3 aromatic rings. The molecule has 2 aromatic carbocycles. The van der Waals surface area contributed by atoms with Crippen molar-refractivity contribution in [1.82, 2.24) is 9.55 Å². The standard InChI is InChI=1S/C27H29BrN2O2/c1-18-22-11-12-23-24(26(22,2)13-14-27(18)31-15-16-32-27)29-25(19-7-4-3-5-8-19)30(23)21-10-6-9-20(28)17-21/h3-10,17-18,22H,11-16H2,1-2H3/t18-,22?,26-/m0/s1. The van der Waals surface area contributed by atoms with E-state index >= 15 is 0 Å². The minimum Gasteiger partial charge on any atom is -0.347 e. The Morgan fingerprint density at radius 1 is 1.03 bits per heavy atom. The molecule has 0 N–H and O–H groups in total. The fourth-order valence-corrected chi connectivity index (χ4v) is 6.94. The molecule has 2 heterocycles. The fourth-order valence-electron chi connectivity index (χ4n) is 6.55. The van der Waals surface area contributed by atoms with E-state index in [1.54, 1.807) is 0 Å². The Kier molecular flexibility index (Phi) is 4.87. The molecule has 0 amide bonds. The Morgan fingerprint density at radius 2 is 1.81 bits per heavy atom. The minimum absolute atomic E-state index is 0.0222. The van der Waals surface area contributed by atoms with Crippen molar-refractivity contribution < 1.29 is 9.47 Å². The number of hydrogen-bond acceptors (Lipinski definition) is 3. The molecule has 32 heavy (non-hydrogen) atoms. The highest BCUT2D eigenvalue weighted by molar-refractivity contribution is 9.10. The molecule has 1 aliphatic heterocycles. The van der Waals surface area contributed by atoms with E-state index in [0.29, 0.717) is 25.0 Å². The molecule has 1 saturated heterocycles. The molecule has 166 valence electrons. The van der Waals surface area contributed by atoms with Crippen molar-refractivity contribution in [3.63, 3.8) is 0 Å². The molecule has 3 aliphatic rings. The van der Waals surface area contributed by atoms with Gasteiger partial charge in [0.1, 0.15) is 5.82 Å². The van der Waals surface area contributed by atoms with Crippen LogP contribution in [0.5, 0.6) is 0 Å². The first-order chi connectivity index (χ1) is 15.5. The van der Waals surface area contributed by atoms with E-state index in [9.17, 15) is 0 Å². The van der Waals surface area contributed by atoms with Gasteiger partial charge in [-0.1, -0.05) is 66.2 Å². The number of ether oxygens (including phenoxy) is 2. The molecule has 2 aliphatic carbocycles. The maximum absolute atomic E-state index is 6.20. The van der Waals surface area contributed by atoms with Crippen molar-refractivity contribution in [2.24, 2.45) is 11.8 Å². The third kappa shape index (κ3) is 2.98. The third-order valence-corrected chi connectivity index (χ3v) is 8.68. The Labute approximate surface area is 198 Å². The van der Waals surface area contributed by atoms with Crippen molar-refractivity contribution in [3.05, 3.63) is 70.5 Å². The van der Waals surface area contributed by atoms with Crippen LogP contribution in [0, 0.1) is 11.8 Å². The normalized spacial score (nSPS) is 28.5. The number of fused-ring (bicyclic) bond motifs is 3. The van der Waals surface area contributed by atoms with Crippen LogP contribution in [0.4, 0.5) is 0 Å². The lowest BCUT2D eigenvalue weighted by molar-refractivity contribution is -0.234. The predicted octanol–water partition coefficient (Wildman–Crippen LogP) is 6.29. The average molecular weight is 493 g/mol. The van der Waals surface area contributed by atoms with Gasteiger partial charge in [-0.3, -0.25) is 4.57 Å². The van der Waals surface area contributed by atoms with E-state index in [2.05, 4.69) is 88.9 Å². The summed E-state index contributed by atoms with van der Waals surface area (Å²) >= 11 is 3.67. The molecule has 1 spiro atoms. The molecule has 6 rings (SSSR count). The van der Waals surface area contributed by atoms with Gasteiger partial charge < -0.3 is 9.47 Å². The van der Waals surface area contributed by atoms with Gasteiger partial charge in [0.2, 0.25) is 0 Å². The first-order valence-electron chi connectivity index (χ1n) is 11.7. The Hall–Kier alpha value is -1.95. The molecule has 0 bridgehead atoms. The summed E-state index contributed by atoms with van der Waals surface area (Å²) in [5.74, 6) is 1.50. The molecule has 1 aromatic heterocycles. The van der Waals surface area contributed by atoms with E-state index < -0.39 is 5.79 Å². The summed E-state index contributed by atoms with van der Waals surface area (Å²) in [6, 6.07) is 19.2. The summed E-state index contributed by atoms with van der Waals surface area (Å²) in [5.41, 5.74) is 4.97. The summed E-state index contributed by atoms with van der Waals surface area (Å²) in [4.78, 5) is 5.40. The van der Waals surface area contributed by atoms with Gasteiger partial charge >= 0.3 is 0 Å². The zero-order valence-electron chi connectivity index (χ0n) is 18.7. The molecule has 4 nitrogen and oxygen atoms in total. The van der Waals surface area contributed by atoms with Crippen LogP contribution in [0.1, 0.15) is 44.5 Å². The van der Waals surface area contributed by atoms with Gasteiger partial charge in [-0.05, 0) is 43.4 Å². The van der Waals surface area contributed by atoms with Crippen LogP contribution in [0.3, 0.4) is 0 Å². The number of aromatic nitrogens is 2. The summed E-state index contributed by atoms with van der Waals surface area (Å²) in [5, 5.41) is 0. The van der Waals surface area contributed by atoms with Gasteiger partial charge in [0.05, 0.1) is 18.9 Å². The topological polar surface area (TPSA) is 36.3 Å². The van der Waals surface area contributed by atoms with Gasteiger partial charge in [-0.2, -0.15) is 0 Å². The van der Waals surface area contributed by atoms with E-state index in [1.807, 2.05) is 0 Å². The third-order valence-electron chi connectivity index (χ3n) is 8.19. The van der Waals surface area contributed by atoms with Crippen LogP contribution in [0.2, 0.25) is 0 Å². The fraction of sp³-hybridized carbons (Fsp3) is 0.444. The lowest BCUT2D eigenvalue weighted by atomic mass is 9.55. The van der Waals surface area contributed by atoms with E-state index in [4.69, 9.17) is 14.5 Å². The first kappa shape index (κ1) is 20.6. The van der Waals surface area contributed by atoms with Crippen LogP contribution in [0.15, 0.2) is 59.1 Å². The molecule has 5 heteroatoms. The summed E-state index contributed by atoms with van der Waals surface area (Å²) in [6.45, 7) is 6.20. The second-order valence-corrected chi connectivity index (χ2v) is 10.7. The number of benzene rings is 2. The van der Waals surface area contributed by atoms with Crippen LogP contribution >= 0.6 is 15.9 Å². The Morgan fingerprint density at radius 3 is 2.56 bits per heavy atom. The highest BCUT2D eigenvalue weighted by Crippen LogP contribution is 2.57. The van der Waals surface area contributed by atoms with Gasteiger partial charge in [0.15, 0.2) is 5.79 Å². The number of hydrogen-bond donors (Lipinski definition) is 0. The molecular formula is C27H29BrN2O2. The zero-order valence-corrected chi connectivity index (χ0v) is 20.3. The molecule has 2 fully saturated rings. The quantitative estimate of drug-likeness (QED) is 0.421. The van der Waals surface area contributed by atoms with Crippen molar-refractivity contribution in [2.75, 3.05) is 13.2 Å². The summed E-state index contributed by atoms with van der Waals surface area (Å²) in [7, 11) is 0. The van der Waals surface area contributed by atoms with E-state index in [1.165, 1.54) is 11.4 Å². The van der Waals surface area contributed by atoms with Crippen LogP contribution in [-0.4, -0.2) is 28.6 Å². The maximum atomic E-state index is 6.20. The Balaban J connectivity index is 1.52. The first-order valence-corrected chi connectivity index (χ1v) is 12.5. The van der Waals surface area contributed by atoms with Crippen LogP contribution < -0.4 is 0 Å². The monoisotopic (exact) mass is 492 g/mol. The van der Waals surface area contributed by atoms with E-state index in [0.717, 1.165) is 47.2 Å². The lowest BCUT2D eigenvalue weighted by Crippen LogP contribution is -2.55. The summed E-state index contributed by atoms with van der Waals surface area (Å²) < 4.78 is 15.9. The molecule has 3 atom stereocenters. The highest BCUT2D eigenvalue weighted by Gasteiger charge is 2.58. The lowest BCUT2D eigenvalue weighted by Gasteiger charge is -2.53. The summed E-state index contributed by atoms with van der Waals surface area (Å²) in [6.07, 6.45) is 4.12. The van der Waals surface area contributed by atoms with Gasteiger partial charge in [0.25, 0.3) is 0 Å². The van der Waals surface area contributed by atoms with Crippen LogP contribution in [0.25, 0.3) is 17.1 Å². The maximum Gasteiger partial charge on any atom is 0.171 e. The van der Waals surface area contributed by atoms with Gasteiger partial charge in [0, 0.05) is 39.2 Å². The second kappa shape index (κ2) is 7.54. The molecule has 1 saturated carbocycles. The zero-order chi connectivity index (χ0) is 21.9. The SMILES string of the molecule is C[C@H]1C2CCc3c(nc(-c4ccccc4)n3-c3cccc(Br)c3)[C@@]2(C)CCC12OCCO2. The van der Waals surface area contributed by atoms with Crippen molar-refractivity contribution >= 4 is 15.9 Å². The van der Waals surface area contributed by atoms with Crippen molar-refractivity contribution in [1.29, 1.82) is 0 Å². The largest absolute Gasteiger partial charge is 0.347 e. The number of halogens is 1. The van der Waals surface area contributed by atoms with Crippen molar-refractivity contribution in [3.8, 4) is 17.1 Å². The average Bonchev–Trinajstić information content (AvgIpc) is 3.44. The minimum atomic E-state index is -0.392. The molecular weight excluding hydrogens is 464 g/mol. The van der Waals surface area contributed by atoms with E-state index in [-0.39, 0.29) is 5.41 Å².